The molecule has 1 rings (SSSR count). The Balaban J connectivity index is 2.32. The van der Waals surface area contributed by atoms with Crippen LogP contribution in [0.5, 0.6) is 0 Å². The number of carbonyl (C=O) groups excluding carboxylic acids is 3. The van der Waals surface area contributed by atoms with Gasteiger partial charge in [0.15, 0.2) is 0 Å². The van der Waals surface area contributed by atoms with E-state index in [1.807, 2.05) is 13.8 Å². The molecule has 0 atom stereocenters. The van der Waals surface area contributed by atoms with Crippen molar-refractivity contribution >= 4 is 23.4 Å². The van der Waals surface area contributed by atoms with Crippen LogP contribution in [0.25, 0.3) is 0 Å². The first-order chi connectivity index (χ1) is 11.6. The van der Waals surface area contributed by atoms with E-state index in [4.69, 9.17) is 0 Å². The molecule has 0 aliphatic carbocycles. The lowest BCUT2D eigenvalue weighted by molar-refractivity contribution is -0.121. The summed E-state index contributed by atoms with van der Waals surface area (Å²) in [5.74, 6) is -0.226. The first-order valence-corrected chi connectivity index (χ1v) is 8.51. The van der Waals surface area contributed by atoms with Gasteiger partial charge < -0.3 is 16.0 Å². The van der Waals surface area contributed by atoms with E-state index in [0.717, 1.165) is 19.3 Å². The lowest BCUT2D eigenvalue weighted by atomic mass is 10.2. The van der Waals surface area contributed by atoms with Gasteiger partial charge in [0.2, 0.25) is 11.8 Å². The van der Waals surface area contributed by atoms with Crippen LogP contribution in [0.4, 0.5) is 5.69 Å². The maximum Gasteiger partial charge on any atom is 0.251 e. The normalized spacial score (nSPS) is 10.1. The van der Waals surface area contributed by atoms with Crippen molar-refractivity contribution in [2.24, 2.45) is 0 Å². The molecule has 0 saturated heterocycles. The number of anilines is 1. The van der Waals surface area contributed by atoms with Crippen molar-refractivity contribution in [1.82, 2.24) is 10.6 Å². The van der Waals surface area contributed by atoms with Crippen molar-refractivity contribution in [3.8, 4) is 0 Å². The zero-order valence-electron chi connectivity index (χ0n) is 14.5. The molecule has 0 unspecified atom stereocenters. The Morgan fingerprint density at radius 1 is 0.833 bits per heavy atom. The summed E-state index contributed by atoms with van der Waals surface area (Å²) in [6.45, 7) is 4.78. The Hall–Kier alpha value is -2.37. The first-order valence-electron chi connectivity index (χ1n) is 8.51. The number of hydrogen-bond donors (Lipinski definition) is 3. The van der Waals surface area contributed by atoms with Crippen LogP contribution < -0.4 is 16.0 Å². The molecule has 6 nitrogen and oxygen atoms in total. The molecule has 24 heavy (non-hydrogen) atoms. The highest BCUT2D eigenvalue weighted by atomic mass is 16.2. The van der Waals surface area contributed by atoms with Crippen LogP contribution in [0.3, 0.4) is 0 Å². The predicted octanol–water partition coefficient (Wildman–Crippen LogP) is 2.46. The minimum Gasteiger partial charge on any atom is -0.354 e. The van der Waals surface area contributed by atoms with Crippen LogP contribution in [0, 0.1) is 0 Å². The maximum absolute atomic E-state index is 12.0. The molecular formula is C18H27N3O3. The van der Waals surface area contributed by atoms with Crippen molar-refractivity contribution in [2.45, 2.75) is 46.0 Å². The van der Waals surface area contributed by atoms with Crippen LogP contribution in [-0.2, 0) is 9.59 Å². The fourth-order valence-corrected chi connectivity index (χ4v) is 2.06. The Morgan fingerprint density at radius 3 is 2.12 bits per heavy atom. The Kier molecular flexibility index (Phi) is 9.19. The molecule has 0 heterocycles. The van der Waals surface area contributed by atoms with Crippen molar-refractivity contribution in [3.05, 3.63) is 29.8 Å². The monoisotopic (exact) mass is 333 g/mol. The van der Waals surface area contributed by atoms with Gasteiger partial charge in [0.05, 0.1) is 0 Å². The quantitative estimate of drug-likeness (QED) is 0.575. The number of benzene rings is 1. The van der Waals surface area contributed by atoms with Crippen LogP contribution in [0.2, 0.25) is 0 Å². The van der Waals surface area contributed by atoms with Gasteiger partial charge in [-0.1, -0.05) is 20.3 Å². The predicted molar refractivity (Wildman–Crippen MR) is 94.8 cm³/mol. The molecule has 3 amide bonds. The second-order valence-corrected chi connectivity index (χ2v) is 5.58. The minimum atomic E-state index is -0.204. The Bertz CT molecular complexity index is 541. The largest absolute Gasteiger partial charge is 0.354 e. The average Bonchev–Trinajstić information content (AvgIpc) is 2.57. The average molecular weight is 333 g/mol. The van der Waals surface area contributed by atoms with Gasteiger partial charge >= 0.3 is 0 Å². The zero-order chi connectivity index (χ0) is 17.8. The zero-order valence-corrected chi connectivity index (χ0v) is 14.5. The molecule has 1 aromatic carbocycles. The molecule has 0 aliphatic rings. The molecule has 1 aromatic rings. The fourth-order valence-electron chi connectivity index (χ4n) is 2.06. The molecular weight excluding hydrogens is 306 g/mol. The molecule has 0 spiro atoms. The summed E-state index contributed by atoms with van der Waals surface area (Å²) in [5.41, 5.74) is 1.19. The highest BCUT2D eigenvalue weighted by Crippen LogP contribution is 2.10. The summed E-state index contributed by atoms with van der Waals surface area (Å²) < 4.78 is 0. The highest BCUT2D eigenvalue weighted by Gasteiger charge is 2.06. The van der Waals surface area contributed by atoms with Gasteiger partial charge in [-0.25, -0.2) is 0 Å². The summed E-state index contributed by atoms with van der Waals surface area (Å²) in [5, 5.41) is 8.29. The molecule has 6 heteroatoms. The smallest absolute Gasteiger partial charge is 0.251 e. The van der Waals surface area contributed by atoms with E-state index < -0.39 is 0 Å². The number of unbranched alkanes of at least 4 members (excludes halogenated alkanes) is 1. The summed E-state index contributed by atoms with van der Waals surface area (Å²) in [7, 11) is 0. The van der Waals surface area contributed by atoms with Gasteiger partial charge in [-0.3, -0.25) is 14.4 Å². The van der Waals surface area contributed by atoms with Crippen LogP contribution in [-0.4, -0.2) is 30.8 Å². The third-order valence-corrected chi connectivity index (χ3v) is 3.40. The third kappa shape index (κ3) is 7.76. The van der Waals surface area contributed by atoms with E-state index in [1.165, 1.54) is 0 Å². The maximum atomic E-state index is 12.0. The van der Waals surface area contributed by atoms with Crippen molar-refractivity contribution in [1.29, 1.82) is 0 Å². The molecule has 0 radical (unpaired) electrons. The molecule has 3 N–H and O–H groups in total. The number of nitrogens with one attached hydrogen (secondary N) is 3. The number of hydrogen-bond acceptors (Lipinski definition) is 3. The lowest BCUT2D eigenvalue weighted by Gasteiger charge is -2.08. The Morgan fingerprint density at radius 2 is 1.50 bits per heavy atom. The Labute approximate surface area is 143 Å². The van der Waals surface area contributed by atoms with Gasteiger partial charge in [0.25, 0.3) is 5.91 Å². The standard InChI is InChI=1S/C18H27N3O3/c1-3-5-7-16(22)19-12-13-20-18(24)14-8-10-15(11-9-14)21-17(23)6-4-2/h8-11H,3-7,12-13H2,1-2H3,(H,19,22)(H,20,24)(H,21,23). The van der Waals surface area contributed by atoms with Crippen molar-refractivity contribution < 1.29 is 14.4 Å². The van der Waals surface area contributed by atoms with Gasteiger partial charge in [0.1, 0.15) is 0 Å². The third-order valence-electron chi connectivity index (χ3n) is 3.40. The van der Waals surface area contributed by atoms with Crippen molar-refractivity contribution in [3.63, 3.8) is 0 Å². The molecule has 0 aromatic heterocycles. The van der Waals surface area contributed by atoms with Crippen LogP contribution >= 0.6 is 0 Å². The second-order valence-electron chi connectivity index (χ2n) is 5.58. The van der Waals surface area contributed by atoms with E-state index in [-0.39, 0.29) is 17.7 Å². The van der Waals surface area contributed by atoms with E-state index in [2.05, 4.69) is 16.0 Å². The van der Waals surface area contributed by atoms with Gasteiger partial charge in [-0.2, -0.15) is 0 Å². The molecule has 0 fully saturated rings. The second kappa shape index (κ2) is 11.2. The number of carbonyl (C=O) groups is 3. The van der Waals surface area contributed by atoms with E-state index in [1.54, 1.807) is 24.3 Å². The topological polar surface area (TPSA) is 87.3 Å². The fraction of sp³-hybridized carbons (Fsp3) is 0.500. The SMILES string of the molecule is CCCCC(=O)NCCNC(=O)c1ccc(NC(=O)CCC)cc1. The van der Waals surface area contributed by atoms with Crippen LogP contribution in [0.1, 0.15) is 56.3 Å². The first kappa shape index (κ1) is 19.7. The van der Waals surface area contributed by atoms with E-state index in [9.17, 15) is 14.4 Å². The summed E-state index contributed by atoms with van der Waals surface area (Å²) >= 11 is 0. The summed E-state index contributed by atoms with van der Waals surface area (Å²) in [6, 6.07) is 6.73. The number of amides is 3. The van der Waals surface area contributed by atoms with Gasteiger partial charge in [-0.15, -0.1) is 0 Å². The highest BCUT2D eigenvalue weighted by molar-refractivity contribution is 5.95. The van der Waals surface area contributed by atoms with Crippen molar-refractivity contribution in [2.75, 3.05) is 18.4 Å². The van der Waals surface area contributed by atoms with Crippen LogP contribution in [0.15, 0.2) is 24.3 Å². The van der Waals surface area contributed by atoms with Gasteiger partial charge in [0, 0.05) is 37.2 Å². The van der Waals surface area contributed by atoms with E-state index in [0.29, 0.717) is 37.2 Å². The molecule has 132 valence electrons. The van der Waals surface area contributed by atoms with E-state index >= 15 is 0 Å². The minimum absolute atomic E-state index is 0.0123. The molecule has 0 aliphatic heterocycles. The number of rotatable bonds is 10. The summed E-state index contributed by atoms with van der Waals surface area (Å²) in [6.07, 6.45) is 3.65. The summed E-state index contributed by atoms with van der Waals surface area (Å²) in [4.78, 5) is 34.9. The lowest BCUT2D eigenvalue weighted by Crippen LogP contribution is -2.34. The molecule has 0 bridgehead atoms. The van der Waals surface area contributed by atoms with Gasteiger partial charge in [-0.05, 0) is 37.1 Å². The molecule has 0 saturated carbocycles.